The summed E-state index contributed by atoms with van der Waals surface area (Å²) in [6, 6.07) is 6.30. The number of aryl methyl sites for hydroxylation is 1. The molecule has 0 aliphatic carbocycles. The van der Waals surface area contributed by atoms with Gasteiger partial charge in [0.25, 0.3) is 0 Å². The Morgan fingerprint density at radius 3 is 2.92 bits per heavy atom. The summed E-state index contributed by atoms with van der Waals surface area (Å²) in [6.45, 7) is 1.86. The number of hydrogen-bond donors (Lipinski definition) is 1. The number of H-pyrrole nitrogens is 1. The van der Waals surface area contributed by atoms with E-state index in [1.54, 1.807) is 12.1 Å². The van der Waals surface area contributed by atoms with Crippen LogP contribution in [0.15, 0.2) is 24.3 Å². The summed E-state index contributed by atoms with van der Waals surface area (Å²) in [5.74, 6) is 0.392. The van der Waals surface area contributed by atoms with E-state index < -0.39 is 0 Å². The molecule has 0 aliphatic heterocycles. The summed E-state index contributed by atoms with van der Waals surface area (Å²) >= 11 is 0. The number of nitrogens with zero attached hydrogens (tertiary/aromatic N) is 1. The van der Waals surface area contributed by atoms with Gasteiger partial charge in [0.15, 0.2) is 0 Å². The molecule has 65 valence electrons. The first-order valence-corrected chi connectivity index (χ1v) is 3.96. The predicted molar refractivity (Wildman–Crippen MR) is 47.6 cm³/mol. The molecule has 3 heteroatoms. The van der Waals surface area contributed by atoms with Crippen molar-refractivity contribution in [3.63, 3.8) is 0 Å². The Kier molecular flexibility index (Phi) is 1.85. The lowest BCUT2D eigenvalue weighted by Gasteiger charge is -1.95. The standard InChI is InChI=1S/C10H8FN2/c1-7-6-12-10(13-7)8-3-2-4-9(11)5-8/h2-5H,1H3,(H,12,13). The highest BCUT2D eigenvalue weighted by Crippen LogP contribution is 2.15. The van der Waals surface area contributed by atoms with E-state index in [4.69, 9.17) is 0 Å². The number of nitrogens with one attached hydrogen (secondary N) is 1. The quantitative estimate of drug-likeness (QED) is 0.707. The average Bonchev–Trinajstić information content (AvgIpc) is 2.52. The van der Waals surface area contributed by atoms with Crippen LogP contribution in [-0.4, -0.2) is 9.97 Å². The van der Waals surface area contributed by atoms with Crippen LogP contribution in [0.1, 0.15) is 5.69 Å². The fourth-order valence-electron chi connectivity index (χ4n) is 1.15. The number of rotatable bonds is 1. The Hall–Kier alpha value is -1.64. The zero-order chi connectivity index (χ0) is 9.26. The van der Waals surface area contributed by atoms with Crippen molar-refractivity contribution in [3.05, 3.63) is 42.0 Å². The molecular formula is C10H8FN2. The van der Waals surface area contributed by atoms with Crippen molar-refractivity contribution in [3.8, 4) is 11.4 Å². The van der Waals surface area contributed by atoms with E-state index in [0.29, 0.717) is 5.82 Å². The molecule has 0 aliphatic rings. The number of aromatic amines is 1. The molecule has 0 atom stereocenters. The topological polar surface area (TPSA) is 28.7 Å². The van der Waals surface area contributed by atoms with E-state index in [1.165, 1.54) is 12.1 Å². The molecule has 1 aromatic carbocycles. The molecule has 13 heavy (non-hydrogen) atoms. The molecule has 0 fully saturated rings. The average molecular weight is 175 g/mol. The van der Waals surface area contributed by atoms with Crippen LogP contribution in [0.4, 0.5) is 4.39 Å². The molecule has 1 radical (unpaired) electrons. The molecule has 2 nitrogen and oxygen atoms in total. The maximum atomic E-state index is 12.8. The van der Waals surface area contributed by atoms with Crippen molar-refractivity contribution in [1.82, 2.24) is 9.97 Å². The van der Waals surface area contributed by atoms with Crippen molar-refractivity contribution in [2.45, 2.75) is 6.92 Å². The number of halogens is 1. The van der Waals surface area contributed by atoms with Crippen molar-refractivity contribution in [2.24, 2.45) is 0 Å². The van der Waals surface area contributed by atoms with E-state index >= 15 is 0 Å². The smallest absolute Gasteiger partial charge is 0.138 e. The first-order chi connectivity index (χ1) is 6.25. The number of aromatic nitrogens is 2. The summed E-state index contributed by atoms with van der Waals surface area (Å²) in [6.07, 6.45) is 2.76. The van der Waals surface area contributed by atoms with E-state index in [2.05, 4.69) is 16.2 Å². The monoisotopic (exact) mass is 175 g/mol. The van der Waals surface area contributed by atoms with Gasteiger partial charge in [-0.15, -0.1) is 0 Å². The van der Waals surface area contributed by atoms with Crippen molar-refractivity contribution in [1.29, 1.82) is 0 Å². The molecule has 1 heterocycles. The second-order valence-corrected chi connectivity index (χ2v) is 2.83. The largest absolute Gasteiger partial charge is 0.341 e. The minimum Gasteiger partial charge on any atom is -0.341 e. The molecule has 0 saturated heterocycles. The Labute approximate surface area is 75.4 Å². The van der Waals surface area contributed by atoms with Crippen LogP contribution < -0.4 is 0 Å². The van der Waals surface area contributed by atoms with E-state index in [9.17, 15) is 4.39 Å². The molecule has 2 rings (SSSR count). The molecule has 0 amide bonds. The summed E-state index contributed by atoms with van der Waals surface area (Å²) < 4.78 is 12.8. The van der Waals surface area contributed by atoms with Gasteiger partial charge in [-0.05, 0) is 19.1 Å². The number of hydrogen-bond acceptors (Lipinski definition) is 1. The molecule has 1 N–H and O–H groups in total. The lowest BCUT2D eigenvalue weighted by Crippen LogP contribution is -1.81. The molecule has 0 unspecified atom stereocenters. The zero-order valence-corrected chi connectivity index (χ0v) is 7.13. The first-order valence-electron chi connectivity index (χ1n) is 3.96. The lowest BCUT2D eigenvalue weighted by molar-refractivity contribution is 0.628. The molecule has 0 spiro atoms. The third kappa shape index (κ3) is 1.59. The third-order valence-electron chi connectivity index (χ3n) is 1.74. The second-order valence-electron chi connectivity index (χ2n) is 2.83. The van der Waals surface area contributed by atoms with Crippen molar-refractivity contribution >= 4 is 0 Å². The van der Waals surface area contributed by atoms with Crippen molar-refractivity contribution in [2.75, 3.05) is 0 Å². The summed E-state index contributed by atoms with van der Waals surface area (Å²) in [7, 11) is 0. The van der Waals surface area contributed by atoms with Gasteiger partial charge in [-0.3, -0.25) is 0 Å². The number of imidazole rings is 1. The van der Waals surface area contributed by atoms with Gasteiger partial charge in [0.05, 0.1) is 0 Å². The minimum absolute atomic E-state index is 0.258. The Morgan fingerprint density at radius 2 is 2.31 bits per heavy atom. The van der Waals surface area contributed by atoms with Crippen LogP contribution in [-0.2, 0) is 0 Å². The van der Waals surface area contributed by atoms with E-state index in [-0.39, 0.29) is 5.82 Å². The molecule has 0 saturated carbocycles. The zero-order valence-electron chi connectivity index (χ0n) is 7.13. The third-order valence-corrected chi connectivity index (χ3v) is 1.74. The fraction of sp³-hybridized carbons (Fsp3) is 0.100. The van der Waals surface area contributed by atoms with Gasteiger partial charge in [0.2, 0.25) is 0 Å². The van der Waals surface area contributed by atoms with Crippen molar-refractivity contribution < 1.29 is 4.39 Å². The highest BCUT2D eigenvalue weighted by Gasteiger charge is 2.01. The van der Waals surface area contributed by atoms with Crippen LogP contribution in [0.5, 0.6) is 0 Å². The summed E-state index contributed by atoms with van der Waals surface area (Å²) in [5.41, 5.74) is 1.59. The van der Waals surface area contributed by atoms with Gasteiger partial charge in [-0.2, -0.15) is 0 Å². The summed E-state index contributed by atoms with van der Waals surface area (Å²) in [4.78, 5) is 6.97. The Bertz CT molecular complexity index is 420. The predicted octanol–water partition coefficient (Wildman–Crippen LogP) is 2.32. The summed E-state index contributed by atoms with van der Waals surface area (Å²) in [5, 5.41) is 0. The molecular weight excluding hydrogens is 167 g/mol. The lowest BCUT2D eigenvalue weighted by atomic mass is 10.2. The Balaban J connectivity index is 2.46. The SMILES string of the molecule is Cc1[c]nc(-c2cccc(F)c2)[nH]1. The van der Waals surface area contributed by atoms with Crippen LogP contribution in [0.25, 0.3) is 11.4 Å². The second kappa shape index (κ2) is 3.01. The van der Waals surface area contributed by atoms with Gasteiger partial charge in [-0.25, -0.2) is 9.37 Å². The highest BCUT2D eigenvalue weighted by molar-refractivity contribution is 5.54. The maximum absolute atomic E-state index is 12.8. The normalized spacial score (nSPS) is 10.3. The van der Waals surface area contributed by atoms with Gasteiger partial charge >= 0.3 is 0 Å². The van der Waals surface area contributed by atoms with Gasteiger partial charge < -0.3 is 4.98 Å². The van der Waals surface area contributed by atoms with Crippen LogP contribution in [0.3, 0.4) is 0 Å². The molecule has 2 aromatic rings. The van der Waals surface area contributed by atoms with E-state index in [1.807, 2.05) is 6.92 Å². The Morgan fingerprint density at radius 1 is 1.46 bits per heavy atom. The van der Waals surface area contributed by atoms with Gasteiger partial charge in [0, 0.05) is 11.3 Å². The van der Waals surface area contributed by atoms with Gasteiger partial charge in [0.1, 0.15) is 17.8 Å². The van der Waals surface area contributed by atoms with E-state index in [0.717, 1.165) is 11.3 Å². The molecule has 0 bridgehead atoms. The van der Waals surface area contributed by atoms with Crippen LogP contribution >= 0.6 is 0 Å². The highest BCUT2D eigenvalue weighted by atomic mass is 19.1. The molecule has 1 aromatic heterocycles. The number of benzene rings is 1. The van der Waals surface area contributed by atoms with Gasteiger partial charge in [-0.1, -0.05) is 12.1 Å². The fourth-order valence-corrected chi connectivity index (χ4v) is 1.15. The van der Waals surface area contributed by atoms with Crippen LogP contribution in [0, 0.1) is 18.9 Å². The first kappa shape index (κ1) is 7.98. The minimum atomic E-state index is -0.258. The van der Waals surface area contributed by atoms with Crippen LogP contribution in [0.2, 0.25) is 0 Å². The maximum Gasteiger partial charge on any atom is 0.138 e.